The van der Waals surface area contributed by atoms with Gasteiger partial charge in [-0.1, -0.05) is 0 Å². The number of ether oxygens (including phenoxy) is 1. The minimum absolute atomic E-state index is 0.173. The van der Waals surface area contributed by atoms with Gasteiger partial charge in [-0.2, -0.15) is 0 Å². The highest BCUT2D eigenvalue weighted by Crippen LogP contribution is 2.21. The second-order valence-corrected chi connectivity index (χ2v) is 4.94. The van der Waals surface area contributed by atoms with Crippen molar-refractivity contribution in [3.8, 4) is 0 Å². The van der Waals surface area contributed by atoms with Crippen molar-refractivity contribution in [2.75, 3.05) is 25.1 Å². The fraction of sp³-hybridized carbons (Fsp3) is 0.467. The molecule has 6 heteroatoms. The van der Waals surface area contributed by atoms with Gasteiger partial charge in [-0.15, -0.1) is 0 Å². The van der Waals surface area contributed by atoms with Gasteiger partial charge in [0.1, 0.15) is 5.82 Å². The normalized spacial score (nSPS) is 10.9. The van der Waals surface area contributed by atoms with Crippen LogP contribution >= 0.6 is 0 Å². The molecule has 0 amide bonds. The Balaban J connectivity index is 2.13. The Kier molecular flexibility index (Phi) is 4.80. The van der Waals surface area contributed by atoms with Gasteiger partial charge >= 0.3 is 5.97 Å². The van der Waals surface area contributed by atoms with Crippen LogP contribution in [0.25, 0.3) is 11.0 Å². The first-order valence-electron chi connectivity index (χ1n) is 7.09. The van der Waals surface area contributed by atoms with E-state index in [9.17, 15) is 4.79 Å². The first-order chi connectivity index (χ1) is 10.1. The van der Waals surface area contributed by atoms with Crippen molar-refractivity contribution in [3.05, 3.63) is 24.0 Å². The van der Waals surface area contributed by atoms with Gasteiger partial charge in [0.15, 0.2) is 0 Å². The molecule has 0 saturated carbocycles. The molecule has 0 aliphatic rings. The SMILES string of the molecule is CCOC(=O)CCN(C)c1ccc2c(c1)nc(CN)n2C. The summed E-state index contributed by atoms with van der Waals surface area (Å²) in [7, 11) is 3.91. The highest BCUT2D eigenvalue weighted by Gasteiger charge is 2.10. The van der Waals surface area contributed by atoms with E-state index in [1.165, 1.54) is 0 Å². The van der Waals surface area contributed by atoms with E-state index in [4.69, 9.17) is 10.5 Å². The number of aryl methyl sites for hydroxylation is 1. The molecule has 0 bridgehead atoms. The number of anilines is 1. The molecule has 2 rings (SSSR count). The predicted molar refractivity (Wildman–Crippen MR) is 83.1 cm³/mol. The molecule has 21 heavy (non-hydrogen) atoms. The van der Waals surface area contributed by atoms with Crippen LogP contribution in [-0.4, -0.2) is 35.7 Å². The molecule has 0 spiro atoms. The zero-order chi connectivity index (χ0) is 15.4. The number of nitrogens with two attached hydrogens (primary N) is 1. The van der Waals surface area contributed by atoms with E-state index in [2.05, 4.69) is 4.98 Å². The molecule has 1 aromatic heterocycles. The van der Waals surface area contributed by atoms with Crippen molar-refractivity contribution in [2.45, 2.75) is 19.9 Å². The topological polar surface area (TPSA) is 73.4 Å². The van der Waals surface area contributed by atoms with E-state index in [1.807, 2.05) is 48.7 Å². The summed E-state index contributed by atoms with van der Waals surface area (Å²) in [6, 6.07) is 6.06. The van der Waals surface area contributed by atoms with Gasteiger partial charge in [0, 0.05) is 26.3 Å². The van der Waals surface area contributed by atoms with Crippen LogP contribution in [0.5, 0.6) is 0 Å². The molecule has 0 radical (unpaired) electrons. The van der Waals surface area contributed by atoms with Crippen LogP contribution in [-0.2, 0) is 23.1 Å². The van der Waals surface area contributed by atoms with E-state index in [1.54, 1.807) is 0 Å². The van der Waals surface area contributed by atoms with Gasteiger partial charge in [0.2, 0.25) is 0 Å². The molecule has 1 heterocycles. The number of rotatable bonds is 6. The third-order valence-corrected chi connectivity index (χ3v) is 3.54. The first kappa shape index (κ1) is 15.3. The molecule has 0 aliphatic carbocycles. The molecule has 0 fully saturated rings. The number of nitrogens with zero attached hydrogens (tertiary/aromatic N) is 3. The monoisotopic (exact) mass is 290 g/mol. The molecule has 0 aliphatic heterocycles. The van der Waals surface area contributed by atoms with Gasteiger partial charge in [-0.25, -0.2) is 4.98 Å². The van der Waals surface area contributed by atoms with Crippen LogP contribution in [0, 0.1) is 0 Å². The van der Waals surface area contributed by atoms with E-state index < -0.39 is 0 Å². The lowest BCUT2D eigenvalue weighted by Crippen LogP contribution is -2.21. The minimum Gasteiger partial charge on any atom is -0.466 e. The Bertz CT molecular complexity index is 636. The number of benzene rings is 1. The number of carbonyl (C=O) groups is 1. The van der Waals surface area contributed by atoms with E-state index in [-0.39, 0.29) is 5.97 Å². The van der Waals surface area contributed by atoms with E-state index in [0.29, 0.717) is 26.1 Å². The maximum atomic E-state index is 11.4. The highest BCUT2D eigenvalue weighted by molar-refractivity contribution is 5.80. The van der Waals surface area contributed by atoms with Gasteiger partial charge in [0.05, 0.1) is 30.6 Å². The Morgan fingerprint density at radius 3 is 2.90 bits per heavy atom. The van der Waals surface area contributed by atoms with Gasteiger partial charge in [-0.3, -0.25) is 4.79 Å². The van der Waals surface area contributed by atoms with Crippen molar-refractivity contribution < 1.29 is 9.53 Å². The third kappa shape index (κ3) is 3.33. The number of hydrogen-bond acceptors (Lipinski definition) is 5. The molecular weight excluding hydrogens is 268 g/mol. The summed E-state index contributed by atoms with van der Waals surface area (Å²) >= 11 is 0. The number of fused-ring (bicyclic) bond motifs is 1. The predicted octanol–water partition coefficient (Wildman–Crippen LogP) is 1.42. The number of hydrogen-bond donors (Lipinski definition) is 1. The summed E-state index contributed by atoms with van der Waals surface area (Å²) in [5.41, 5.74) is 8.67. The van der Waals surface area contributed by atoms with E-state index in [0.717, 1.165) is 22.5 Å². The number of aromatic nitrogens is 2. The van der Waals surface area contributed by atoms with Crippen molar-refractivity contribution in [3.63, 3.8) is 0 Å². The second-order valence-electron chi connectivity index (χ2n) is 4.94. The number of imidazole rings is 1. The van der Waals surface area contributed by atoms with E-state index >= 15 is 0 Å². The number of carbonyl (C=O) groups excluding carboxylic acids is 1. The van der Waals surface area contributed by atoms with Gasteiger partial charge in [0.25, 0.3) is 0 Å². The smallest absolute Gasteiger partial charge is 0.307 e. The zero-order valence-electron chi connectivity index (χ0n) is 12.8. The minimum atomic E-state index is -0.173. The lowest BCUT2D eigenvalue weighted by Gasteiger charge is -2.18. The van der Waals surface area contributed by atoms with Gasteiger partial charge < -0.3 is 19.9 Å². The summed E-state index contributed by atoms with van der Waals surface area (Å²) < 4.78 is 6.93. The molecule has 0 unspecified atom stereocenters. The summed E-state index contributed by atoms with van der Waals surface area (Å²) in [5, 5.41) is 0. The molecule has 1 aromatic carbocycles. The lowest BCUT2D eigenvalue weighted by atomic mass is 10.2. The summed E-state index contributed by atoms with van der Waals surface area (Å²) in [6.45, 7) is 3.26. The number of esters is 1. The van der Waals surface area contributed by atoms with Crippen LogP contribution in [0.2, 0.25) is 0 Å². The maximum absolute atomic E-state index is 11.4. The third-order valence-electron chi connectivity index (χ3n) is 3.54. The lowest BCUT2D eigenvalue weighted by molar-refractivity contribution is -0.142. The summed E-state index contributed by atoms with van der Waals surface area (Å²) in [5.74, 6) is 0.685. The average Bonchev–Trinajstić information content (AvgIpc) is 2.81. The van der Waals surface area contributed by atoms with Crippen LogP contribution in [0.4, 0.5) is 5.69 Å². The van der Waals surface area contributed by atoms with Crippen LogP contribution in [0.3, 0.4) is 0 Å². The van der Waals surface area contributed by atoms with Crippen LogP contribution in [0.1, 0.15) is 19.2 Å². The quantitative estimate of drug-likeness (QED) is 0.815. The maximum Gasteiger partial charge on any atom is 0.307 e. The fourth-order valence-corrected chi connectivity index (χ4v) is 2.28. The molecule has 6 nitrogen and oxygen atoms in total. The Labute approximate surface area is 124 Å². The van der Waals surface area contributed by atoms with Crippen LogP contribution < -0.4 is 10.6 Å². The molecule has 0 atom stereocenters. The highest BCUT2D eigenvalue weighted by atomic mass is 16.5. The van der Waals surface area contributed by atoms with Gasteiger partial charge in [-0.05, 0) is 25.1 Å². The van der Waals surface area contributed by atoms with Crippen LogP contribution in [0.15, 0.2) is 18.2 Å². The molecule has 2 N–H and O–H groups in total. The average molecular weight is 290 g/mol. The van der Waals surface area contributed by atoms with Crippen molar-refractivity contribution >= 4 is 22.7 Å². The standard InChI is InChI=1S/C15H22N4O2/c1-4-21-15(20)7-8-18(2)11-5-6-13-12(9-11)17-14(10-16)19(13)3/h5-6,9H,4,7-8,10,16H2,1-3H3. The fourth-order valence-electron chi connectivity index (χ4n) is 2.28. The molecular formula is C15H22N4O2. The molecule has 114 valence electrons. The Morgan fingerprint density at radius 2 is 2.24 bits per heavy atom. The second kappa shape index (κ2) is 6.58. The van der Waals surface area contributed by atoms with Crippen molar-refractivity contribution in [2.24, 2.45) is 12.8 Å². The Morgan fingerprint density at radius 1 is 1.48 bits per heavy atom. The zero-order valence-corrected chi connectivity index (χ0v) is 12.8. The summed E-state index contributed by atoms with van der Waals surface area (Å²) in [6.07, 6.45) is 0.374. The van der Waals surface area contributed by atoms with Crippen molar-refractivity contribution in [1.82, 2.24) is 9.55 Å². The first-order valence-corrected chi connectivity index (χ1v) is 7.09. The molecule has 2 aromatic rings. The Hall–Kier alpha value is -2.08. The summed E-state index contributed by atoms with van der Waals surface area (Å²) in [4.78, 5) is 17.9. The van der Waals surface area contributed by atoms with Crippen molar-refractivity contribution in [1.29, 1.82) is 0 Å². The largest absolute Gasteiger partial charge is 0.466 e. The molecule has 0 saturated heterocycles.